The highest BCUT2D eigenvalue weighted by atomic mass is 79.9. The zero-order valence-electron chi connectivity index (χ0n) is 9.13. The van der Waals surface area contributed by atoms with Gasteiger partial charge in [0.05, 0.1) is 0 Å². The fraction of sp³-hybridized carbons (Fsp3) is 1.00. The second-order valence-electron chi connectivity index (χ2n) is 4.16. The zero-order valence-corrected chi connectivity index (χ0v) is 11.7. The summed E-state index contributed by atoms with van der Waals surface area (Å²) in [5.41, 5.74) is 0. The van der Waals surface area contributed by atoms with Gasteiger partial charge in [0.1, 0.15) is 13.3 Å². The Bertz CT molecular complexity index is 120. The molecule has 0 bridgehead atoms. The molecule has 0 aromatic carbocycles. The molecule has 0 heterocycles. The smallest absolute Gasteiger partial charge is 0.155 e. The maximum atomic E-state index is 9.31. The van der Waals surface area contributed by atoms with Crippen molar-refractivity contribution in [1.82, 2.24) is 0 Å². The van der Waals surface area contributed by atoms with Gasteiger partial charge in [-0.25, -0.2) is 0 Å². The minimum atomic E-state index is -0.799. The molecule has 0 spiro atoms. The van der Waals surface area contributed by atoms with Gasteiger partial charge in [-0.3, -0.25) is 0 Å². The highest BCUT2D eigenvalue weighted by molar-refractivity contribution is 9.26. The van der Waals surface area contributed by atoms with Gasteiger partial charge in [0.2, 0.25) is 0 Å². The van der Waals surface area contributed by atoms with Crippen LogP contribution >= 0.6 is 15.3 Å². The Morgan fingerprint density at radius 1 is 1.38 bits per heavy atom. The first-order valence-corrected chi connectivity index (χ1v) is 10.2. The third kappa shape index (κ3) is 47.5. The summed E-state index contributed by atoms with van der Waals surface area (Å²) in [5.74, 6) is 0.580. The molecular formula is C8H20BrNO2Si. The lowest BCUT2D eigenvalue weighted by Crippen LogP contribution is -2.05. The minimum absolute atomic E-state index is 0.446. The first-order valence-electron chi connectivity index (χ1n) is 4.41. The molecule has 0 rings (SSSR count). The third-order valence-electron chi connectivity index (χ3n) is 0.839. The molecule has 80 valence electrons. The summed E-state index contributed by atoms with van der Waals surface area (Å²) in [6.07, 6.45) is 0.895. The van der Waals surface area contributed by atoms with Crippen LogP contribution < -0.4 is 0 Å². The molecule has 3 nitrogen and oxygen atoms in total. The zero-order chi connectivity index (χ0) is 10.9. The van der Waals surface area contributed by atoms with E-state index in [0.29, 0.717) is 12.5 Å². The second-order valence-corrected chi connectivity index (χ2v) is 15.4. The summed E-state index contributed by atoms with van der Waals surface area (Å²) in [6.45, 7) is 10.5. The van der Waals surface area contributed by atoms with E-state index in [0.717, 1.165) is 6.42 Å². The summed E-state index contributed by atoms with van der Waals surface area (Å²) >= 11 is 3.51. The van der Waals surface area contributed by atoms with Crippen LogP contribution in [-0.4, -0.2) is 13.3 Å². The fourth-order valence-electron chi connectivity index (χ4n) is 0.326. The maximum absolute atomic E-state index is 9.31. The first-order chi connectivity index (χ1) is 5.77. The van der Waals surface area contributed by atoms with Crippen molar-refractivity contribution in [1.29, 1.82) is 0 Å². The van der Waals surface area contributed by atoms with Gasteiger partial charge >= 0.3 is 0 Å². The van der Waals surface area contributed by atoms with Gasteiger partial charge in [-0.15, -0.1) is 20.2 Å². The van der Waals surface area contributed by atoms with Crippen LogP contribution in [0.1, 0.15) is 20.3 Å². The van der Waals surface area contributed by atoms with E-state index in [9.17, 15) is 4.91 Å². The molecule has 0 radical (unpaired) electrons. The van der Waals surface area contributed by atoms with Gasteiger partial charge in [-0.1, -0.05) is 33.5 Å². The van der Waals surface area contributed by atoms with E-state index in [1.165, 1.54) is 0 Å². The topological polar surface area (TPSA) is 38.7 Å². The van der Waals surface area contributed by atoms with Crippen molar-refractivity contribution in [2.24, 2.45) is 11.3 Å². The molecule has 0 saturated carbocycles. The van der Waals surface area contributed by atoms with E-state index in [1.807, 2.05) is 0 Å². The summed E-state index contributed by atoms with van der Waals surface area (Å²) < 4.78 is 0. The molecule has 0 fully saturated rings. The van der Waals surface area contributed by atoms with E-state index in [4.69, 9.17) is 0 Å². The van der Waals surface area contributed by atoms with Crippen LogP contribution in [0.25, 0.3) is 0 Å². The van der Waals surface area contributed by atoms with Crippen molar-refractivity contribution in [3.05, 3.63) is 4.91 Å². The normalized spacial score (nSPS) is 10.4. The molecule has 0 amide bonds. The Balaban J connectivity index is 0. The largest absolute Gasteiger partial charge is 0.364 e. The third-order valence-corrected chi connectivity index (χ3v) is 0.839. The first kappa shape index (κ1) is 15.6. The summed E-state index contributed by atoms with van der Waals surface area (Å²) in [7, 11) is 0. The quantitative estimate of drug-likeness (QED) is 0.255. The van der Waals surface area contributed by atoms with Crippen molar-refractivity contribution in [2.75, 3.05) is 6.61 Å². The van der Waals surface area contributed by atoms with Crippen LogP contribution in [0.4, 0.5) is 0 Å². The van der Waals surface area contributed by atoms with E-state index in [-0.39, 0.29) is 0 Å². The molecule has 0 aliphatic heterocycles. The summed E-state index contributed by atoms with van der Waals surface area (Å²) in [4.78, 5) is 13.5. The van der Waals surface area contributed by atoms with Gasteiger partial charge in [-0.05, 0) is 12.3 Å². The fourth-order valence-corrected chi connectivity index (χ4v) is 0.326. The van der Waals surface area contributed by atoms with Crippen molar-refractivity contribution in [3.8, 4) is 0 Å². The maximum Gasteiger partial charge on any atom is 0.155 e. The van der Waals surface area contributed by atoms with Crippen molar-refractivity contribution >= 4 is 22.0 Å². The summed E-state index contributed by atoms with van der Waals surface area (Å²) in [6, 6.07) is 0. The van der Waals surface area contributed by atoms with Crippen molar-refractivity contribution < 1.29 is 4.84 Å². The second kappa shape index (κ2) is 8.68. The Morgan fingerprint density at radius 2 is 1.77 bits per heavy atom. The van der Waals surface area contributed by atoms with Crippen molar-refractivity contribution in [2.45, 2.75) is 39.9 Å². The number of hydrogen-bond donors (Lipinski definition) is 0. The Morgan fingerprint density at radius 3 is 2.00 bits per heavy atom. The molecule has 0 aromatic rings. The lowest BCUT2D eigenvalue weighted by Gasteiger charge is -1.98. The van der Waals surface area contributed by atoms with Crippen LogP contribution in [0.15, 0.2) is 5.34 Å². The van der Waals surface area contributed by atoms with E-state index >= 15 is 0 Å². The van der Waals surface area contributed by atoms with Crippen molar-refractivity contribution in [3.63, 3.8) is 0 Å². The lowest BCUT2D eigenvalue weighted by molar-refractivity contribution is 0.128. The van der Waals surface area contributed by atoms with Crippen LogP contribution in [0.5, 0.6) is 0 Å². The Kier molecular flexibility index (Phi) is 10.4. The van der Waals surface area contributed by atoms with Crippen LogP contribution in [-0.2, 0) is 4.84 Å². The van der Waals surface area contributed by atoms with Crippen LogP contribution in [0.3, 0.4) is 0 Å². The molecule has 0 atom stereocenters. The molecule has 0 aromatic heterocycles. The highest BCUT2D eigenvalue weighted by Crippen LogP contribution is 2.07. The number of halogens is 1. The monoisotopic (exact) mass is 269 g/mol. The molecule has 0 unspecified atom stereocenters. The van der Waals surface area contributed by atoms with E-state index in [2.05, 4.69) is 59.0 Å². The van der Waals surface area contributed by atoms with E-state index < -0.39 is 6.69 Å². The molecular weight excluding hydrogens is 250 g/mol. The van der Waals surface area contributed by atoms with Gasteiger partial charge < -0.3 is 4.84 Å². The number of nitrogens with zero attached hydrogens (tertiary/aromatic N) is 1. The van der Waals surface area contributed by atoms with Crippen LogP contribution in [0.2, 0.25) is 19.6 Å². The predicted octanol–water partition coefficient (Wildman–Crippen LogP) is 3.95. The van der Waals surface area contributed by atoms with Crippen LogP contribution in [0, 0.1) is 10.8 Å². The van der Waals surface area contributed by atoms with Gasteiger partial charge in [0.15, 0.2) is 5.34 Å². The summed E-state index contributed by atoms with van der Waals surface area (Å²) in [5, 5.41) is 2.26. The average molecular weight is 270 g/mol. The number of rotatable bonds is 4. The van der Waals surface area contributed by atoms with Gasteiger partial charge in [0.25, 0.3) is 0 Å². The molecule has 0 aliphatic carbocycles. The molecule has 5 heteroatoms. The molecule has 13 heavy (non-hydrogen) atoms. The Labute approximate surface area is 89.8 Å². The molecule has 0 N–H and O–H groups in total. The minimum Gasteiger partial charge on any atom is -0.364 e. The Hall–Kier alpha value is 0.0969. The van der Waals surface area contributed by atoms with E-state index in [1.54, 1.807) is 0 Å². The highest BCUT2D eigenvalue weighted by Gasteiger charge is 2.03. The standard InChI is InChI=1S/C5H11NO2.C3H9BrSi/c1-5(2)3-4-8-6-7;1-5(2,3)4/h5H,3-4H2,1-2H3;1-3H3. The number of hydrogen-bond acceptors (Lipinski definition) is 3. The molecule has 0 aliphatic rings. The predicted molar refractivity (Wildman–Crippen MR) is 63.5 cm³/mol. The average Bonchev–Trinajstić information content (AvgIpc) is 1.83. The van der Waals surface area contributed by atoms with Gasteiger partial charge in [0, 0.05) is 0 Å². The lowest BCUT2D eigenvalue weighted by atomic mass is 10.1. The SMILES string of the molecule is CC(C)CCON=O.C[Si](C)(C)Br. The molecule has 0 saturated heterocycles. The van der Waals surface area contributed by atoms with Gasteiger partial charge in [-0.2, -0.15) is 0 Å².